The van der Waals surface area contributed by atoms with Crippen LogP contribution in [0.25, 0.3) is 0 Å². The number of fused-ring (bicyclic) bond motifs is 3. The normalized spacial score (nSPS) is 22.3. The molecule has 0 unspecified atom stereocenters. The molecule has 1 saturated heterocycles. The van der Waals surface area contributed by atoms with E-state index in [0.29, 0.717) is 18.4 Å². The number of ether oxygens (including phenoxy) is 3. The molecule has 0 saturated carbocycles. The second-order valence-corrected chi connectivity index (χ2v) is 9.69. The maximum absolute atomic E-state index is 12.4. The summed E-state index contributed by atoms with van der Waals surface area (Å²) in [6.07, 6.45) is 2.42. The molecule has 0 aromatic heterocycles. The number of nitrogens with zero attached hydrogens (tertiary/aromatic N) is 2. The molecule has 0 bridgehead atoms. The first kappa shape index (κ1) is 25.1. The molecule has 1 amide bonds. The van der Waals surface area contributed by atoms with Gasteiger partial charge in [0.05, 0.1) is 27.2 Å². The third kappa shape index (κ3) is 6.10. The summed E-state index contributed by atoms with van der Waals surface area (Å²) >= 11 is 0. The van der Waals surface area contributed by atoms with Gasteiger partial charge in [-0.15, -0.1) is 0 Å². The van der Waals surface area contributed by atoms with Crippen molar-refractivity contribution in [2.24, 2.45) is 17.8 Å². The zero-order chi connectivity index (χ0) is 24.1. The van der Waals surface area contributed by atoms with Crippen LogP contribution in [0.4, 0.5) is 4.79 Å². The molecule has 2 heterocycles. The van der Waals surface area contributed by atoms with Gasteiger partial charge in [-0.2, -0.15) is 0 Å². The van der Waals surface area contributed by atoms with Crippen LogP contribution in [0.15, 0.2) is 12.1 Å². The maximum atomic E-state index is 12.4. The Balaban J connectivity index is 1.76. The summed E-state index contributed by atoms with van der Waals surface area (Å²) in [5.41, 5.74) is 2.57. The van der Waals surface area contributed by atoms with Crippen LogP contribution in [-0.2, 0) is 16.0 Å². The molecule has 1 fully saturated rings. The maximum Gasteiger partial charge on any atom is 0.409 e. The highest BCUT2D eigenvalue weighted by molar-refractivity contribution is 5.70. The fourth-order valence-electron chi connectivity index (χ4n) is 5.22. The van der Waals surface area contributed by atoms with Gasteiger partial charge in [-0.25, -0.2) is 4.79 Å². The van der Waals surface area contributed by atoms with Gasteiger partial charge in [0, 0.05) is 32.7 Å². The molecule has 8 nitrogen and oxygen atoms in total. The van der Waals surface area contributed by atoms with Crippen LogP contribution < -0.4 is 9.47 Å². The monoisotopic (exact) mass is 462 g/mol. The van der Waals surface area contributed by atoms with E-state index in [1.165, 1.54) is 16.0 Å². The minimum absolute atomic E-state index is 0.0931. The summed E-state index contributed by atoms with van der Waals surface area (Å²) < 4.78 is 16.7. The number of carbonyl (C=O) groups excluding carboxylic acids is 1. The van der Waals surface area contributed by atoms with E-state index in [-0.39, 0.29) is 24.9 Å². The largest absolute Gasteiger partial charge is 0.493 e. The van der Waals surface area contributed by atoms with Gasteiger partial charge in [0.1, 0.15) is 0 Å². The number of piperidine rings is 1. The number of amides is 1. The van der Waals surface area contributed by atoms with Crippen molar-refractivity contribution in [1.82, 2.24) is 9.80 Å². The van der Waals surface area contributed by atoms with Crippen LogP contribution >= 0.6 is 0 Å². The minimum atomic E-state index is -0.929. The minimum Gasteiger partial charge on any atom is -0.493 e. The number of benzene rings is 1. The van der Waals surface area contributed by atoms with E-state index >= 15 is 0 Å². The Kier molecular flexibility index (Phi) is 8.46. The molecule has 33 heavy (non-hydrogen) atoms. The molecular formula is C25H38N2O6. The average Bonchev–Trinajstić information content (AvgIpc) is 2.79. The van der Waals surface area contributed by atoms with Crippen molar-refractivity contribution in [2.45, 2.75) is 45.6 Å². The van der Waals surface area contributed by atoms with E-state index in [1.54, 1.807) is 21.3 Å². The van der Waals surface area contributed by atoms with E-state index in [9.17, 15) is 9.59 Å². The average molecular weight is 463 g/mol. The summed E-state index contributed by atoms with van der Waals surface area (Å²) in [5.74, 6) is 1.81. The second-order valence-electron chi connectivity index (χ2n) is 9.69. The first-order valence-corrected chi connectivity index (χ1v) is 11.8. The molecule has 1 aromatic carbocycles. The van der Waals surface area contributed by atoms with Crippen molar-refractivity contribution >= 4 is 12.1 Å². The molecular weight excluding hydrogens is 424 g/mol. The number of rotatable bonds is 9. The fraction of sp³-hybridized carbons (Fsp3) is 0.680. The standard InChI is InChI=1S/C25H38N2O6/c1-16(2)10-18-14-27-9-6-17-12-22(31-4)23(32-5)13-20(17)21(27)11-19(18)15-33-25(30)26(3)8-7-24(28)29/h12-13,16,18-19,21H,6-11,14-15H2,1-5H3,(H,28,29)/t18-,19+,21-/m1/s1. The zero-order valence-corrected chi connectivity index (χ0v) is 20.5. The topological polar surface area (TPSA) is 88.5 Å². The van der Waals surface area contributed by atoms with Gasteiger partial charge >= 0.3 is 12.1 Å². The molecule has 0 spiro atoms. The smallest absolute Gasteiger partial charge is 0.409 e. The van der Waals surface area contributed by atoms with E-state index in [4.69, 9.17) is 19.3 Å². The quantitative estimate of drug-likeness (QED) is 0.597. The first-order chi connectivity index (χ1) is 15.7. The van der Waals surface area contributed by atoms with Gasteiger partial charge in [-0.05, 0) is 60.3 Å². The Morgan fingerprint density at radius 3 is 2.52 bits per heavy atom. The highest BCUT2D eigenvalue weighted by atomic mass is 16.6. The van der Waals surface area contributed by atoms with Crippen LogP contribution in [0.1, 0.15) is 50.3 Å². The van der Waals surface area contributed by atoms with Gasteiger partial charge in [-0.3, -0.25) is 9.69 Å². The zero-order valence-electron chi connectivity index (χ0n) is 20.5. The second kappa shape index (κ2) is 11.1. The van der Waals surface area contributed by atoms with Crippen molar-refractivity contribution in [1.29, 1.82) is 0 Å². The highest BCUT2D eigenvalue weighted by Gasteiger charge is 2.40. The number of carboxylic acid groups (broad SMARTS) is 1. The Labute approximate surface area is 196 Å². The Hall–Kier alpha value is -2.48. The van der Waals surface area contributed by atoms with Gasteiger partial charge in [0.2, 0.25) is 0 Å². The summed E-state index contributed by atoms with van der Waals surface area (Å²) in [6, 6.07) is 4.46. The molecule has 184 valence electrons. The summed E-state index contributed by atoms with van der Waals surface area (Å²) in [7, 11) is 4.90. The lowest BCUT2D eigenvalue weighted by atomic mass is 9.74. The fourth-order valence-corrected chi connectivity index (χ4v) is 5.22. The lowest BCUT2D eigenvalue weighted by Crippen LogP contribution is -2.47. The number of hydrogen-bond donors (Lipinski definition) is 1. The van der Waals surface area contributed by atoms with Crippen molar-refractivity contribution in [3.63, 3.8) is 0 Å². The predicted octanol–water partition coefficient (Wildman–Crippen LogP) is 3.83. The predicted molar refractivity (Wildman–Crippen MR) is 125 cm³/mol. The molecule has 1 aromatic rings. The van der Waals surface area contributed by atoms with Crippen LogP contribution in [-0.4, -0.2) is 74.5 Å². The molecule has 3 rings (SSSR count). The van der Waals surface area contributed by atoms with Gasteiger partial charge in [0.15, 0.2) is 11.5 Å². The van der Waals surface area contributed by atoms with E-state index in [2.05, 4.69) is 30.9 Å². The van der Waals surface area contributed by atoms with Gasteiger partial charge < -0.3 is 24.2 Å². The molecule has 3 atom stereocenters. The van der Waals surface area contributed by atoms with E-state index in [1.807, 2.05) is 0 Å². The van der Waals surface area contributed by atoms with Crippen LogP contribution in [0.5, 0.6) is 11.5 Å². The number of carbonyl (C=O) groups is 2. The van der Waals surface area contributed by atoms with Crippen LogP contribution in [0.2, 0.25) is 0 Å². The summed E-state index contributed by atoms with van der Waals surface area (Å²) in [6.45, 7) is 6.94. The van der Waals surface area contributed by atoms with E-state index < -0.39 is 12.1 Å². The molecule has 1 N–H and O–H groups in total. The first-order valence-electron chi connectivity index (χ1n) is 11.8. The van der Waals surface area contributed by atoms with E-state index in [0.717, 1.165) is 43.9 Å². The number of methoxy groups -OCH3 is 2. The summed E-state index contributed by atoms with van der Waals surface area (Å²) in [5, 5.41) is 8.86. The third-order valence-electron chi connectivity index (χ3n) is 6.94. The molecule has 2 aliphatic rings. The number of aliphatic carboxylic acids is 1. The Morgan fingerprint density at radius 2 is 1.88 bits per heavy atom. The SMILES string of the molecule is COc1cc2c(cc1OC)[C@H]1C[C@@H](COC(=O)N(C)CCC(=O)O)[C@H](CC(C)C)CN1CC2. The van der Waals surface area contributed by atoms with Crippen LogP contribution in [0, 0.1) is 17.8 Å². The van der Waals surface area contributed by atoms with Crippen molar-refractivity contribution in [2.75, 3.05) is 47.5 Å². The van der Waals surface area contributed by atoms with Gasteiger partial charge in [0.25, 0.3) is 0 Å². The Bertz CT molecular complexity index is 842. The molecule has 0 radical (unpaired) electrons. The lowest BCUT2D eigenvalue weighted by Gasteiger charge is -2.47. The summed E-state index contributed by atoms with van der Waals surface area (Å²) in [4.78, 5) is 27.1. The molecule has 2 aliphatic heterocycles. The van der Waals surface area contributed by atoms with Gasteiger partial charge in [-0.1, -0.05) is 13.8 Å². The van der Waals surface area contributed by atoms with Crippen molar-refractivity contribution < 1.29 is 28.9 Å². The van der Waals surface area contributed by atoms with Crippen molar-refractivity contribution in [3.05, 3.63) is 23.3 Å². The molecule has 0 aliphatic carbocycles. The number of hydrogen-bond acceptors (Lipinski definition) is 6. The molecule has 8 heteroatoms. The van der Waals surface area contributed by atoms with Crippen molar-refractivity contribution in [3.8, 4) is 11.5 Å². The number of carboxylic acids is 1. The third-order valence-corrected chi connectivity index (χ3v) is 6.94. The highest BCUT2D eigenvalue weighted by Crippen LogP contribution is 2.45. The lowest BCUT2D eigenvalue weighted by molar-refractivity contribution is -0.137. The Morgan fingerprint density at radius 1 is 1.18 bits per heavy atom. The van der Waals surface area contributed by atoms with Crippen LogP contribution in [0.3, 0.4) is 0 Å².